The maximum Gasteiger partial charge on any atom is 0.408 e. The molecule has 3 N–H and O–H groups in total. The van der Waals surface area contributed by atoms with Gasteiger partial charge >= 0.3 is 6.09 Å². The minimum absolute atomic E-state index is 0.170. The Balaban J connectivity index is 1.83. The number of hydrogen-bond donors (Lipinski definition) is 3. The number of sulfonamides is 1. The first-order valence-corrected chi connectivity index (χ1v) is 16.8. The van der Waals surface area contributed by atoms with E-state index in [2.05, 4.69) is 15.4 Å². The van der Waals surface area contributed by atoms with Gasteiger partial charge < -0.3 is 20.3 Å². The van der Waals surface area contributed by atoms with E-state index < -0.39 is 51.2 Å². The molecule has 1 aliphatic carbocycles. The number of ether oxygens (including phenoxy) is 1. The quantitative estimate of drug-likeness (QED) is 0.398. The molecule has 0 spiro atoms. The fourth-order valence-electron chi connectivity index (χ4n) is 5.51. The van der Waals surface area contributed by atoms with Gasteiger partial charge in [-0.3, -0.25) is 19.1 Å². The second-order valence-corrected chi connectivity index (χ2v) is 14.4. The van der Waals surface area contributed by atoms with Crippen molar-refractivity contribution in [3.05, 3.63) is 12.2 Å². The first-order chi connectivity index (χ1) is 19.3. The highest BCUT2D eigenvalue weighted by Crippen LogP contribution is 2.45. The monoisotopic (exact) mass is 596 g/mol. The number of unbranched alkanes of at least 4 members (excludes halogenated alkanes) is 1. The Morgan fingerprint density at radius 2 is 1.80 bits per heavy atom. The van der Waals surface area contributed by atoms with Gasteiger partial charge in [0.2, 0.25) is 21.8 Å². The van der Waals surface area contributed by atoms with Crippen molar-refractivity contribution in [3.8, 4) is 0 Å². The number of hydrogen-bond acceptors (Lipinski definition) is 7. The van der Waals surface area contributed by atoms with Gasteiger partial charge in [0.05, 0.1) is 5.75 Å². The zero-order valence-corrected chi connectivity index (χ0v) is 25.8. The molecule has 1 saturated carbocycles. The van der Waals surface area contributed by atoms with E-state index in [0.29, 0.717) is 38.6 Å². The van der Waals surface area contributed by atoms with E-state index >= 15 is 0 Å². The maximum atomic E-state index is 13.7. The second kappa shape index (κ2) is 14.0. The molecule has 0 aromatic heterocycles. The summed E-state index contributed by atoms with van der Waals surface area (Å²) in [5.74, 6) is -2.10. The topological polar surface area (TPSA) is 151 Å². The first kappa shape index (κ1) is 32.9. The lowest BCUT2D eigenvalue weighted by Crippen LogP contribution is -2.58. The highest BCUT2D eigenvalue weighted by atomic mass is 32.2. The average Bonchev–Trinajstić information content (AvgIpc) is 3.34. The third-order valence-electron chi connectivity index (χ3n) is 7.84. The second-order valence-electron chi connectivity index (χ2n) is 12.5. The number of fused-ring (bicyclic) bond motifs is 2. The van der Waals surface area contributed by atoms with Crippen LogP contribution in [0.25, 0.3) is 0 Å². The van der Waals surface area contributed by atoms with Crippen molar-refractivity contribution in [3.63, 3.8) is 0 Å². The minimum Gasteiger partial charge on any atom is -0.444 e. The van der Waals surface area contributed by atoms with Crippen LogP contribution in [0.4, 0.5) is 4.79 Å². The standard InChI is InChI=1S/C29H48N4O7S/c1-5-6-19-41(38,39)32-26(36)29-20-21(29)15-12-10-8-7-9-11-13-16-22(30-27(37)40-28(2,3)4)25(35)33-18-14-17-23(33)24(34)31-29/h12,15,21-23H,5-11,13-14,16-20H2,1-4H3,(H,30,37)(H,31,34)(H,32,36)/b15-12-/t21-,22?,23-,29+/m0/s1. The predicted molar refractivity (Wildman–Crippen MR) is 155 cm³/mol. The number of amides is 4. The minimum atomic E-state index is -3.84. The molecule has 41 heavy (non-hydrogen) atoms. The molecule has 0 aromatic rings. The summed E-state index contributed by atoms with van der Waals surface area (Å²) in [4.78, 5) is 54.7. The molecular weight excluding hydrogens is 548 g/mol. The average molecular weight is 597 g/mol. The third-order valence-corrected chi connectivity index (χ3v) is 9.16. The van der Waals surface area contributed by atoms with Crippen molar-refractivity contribution < 1.29 is 32.3 Å². The summed E-state index contributed by atoms with van der Waals surface area (Å²) in [7, 11) is -3.84. The predicted octanol–water partition coefficient (Wildman–Crippen LogP) is 3.29. The van der Waals surface area contributed by atoms with Gasteiger partial charge in [-0.1, -0.05) is 51.2 Å². The molecule has 0 bridgehead atoms. The third kappa shape index (κ3) is 9.44. The lowest BCUT2D eigenvalue weighted by atomic mass is 10.0. The summed E-state index contributed by atoms with van der Waals surface area (Å²) in [5.41, 5.74) is -2.11. The molecule has 4 atom stereocenters. The molecule has 2 aliphatic heterocycles. The van der Waals surface area contributed by atoms with Crippen LogP contribution in [-0.2, 0) is 29.1 Å². The van der Waals surface area contributed by atoms with Crippen molar-refractivity contribution in [1.29, 1.82) is 0 Å². The first-order valence-electron chi connectivity index (χ1n) is 15.1. The molecule has 232 valence electrons. The van der Waals surface area contributed by atoms with Crippen LogP contribution in [0, 0.1) is 5.92 Å². The molecular formula is C29H48N4O7S. The van der Waals surface area contributed by atoms with Gasteiger partial charge in [-0.2, -0.15) is 0 Å². The molecule has 3 aliphatic rings. The van der Waals surface area contributed by atoms with Crippen LogP contribution in [-0.4, -0.2) is 72.7 Å². The molecule has 1 unspecified atom stereocenters. The van der Waals surface area contributed by atoms with Gasteiger partial charge in [0.1, 0.15) is 23.2 Å². The van der Waals surface area contributed by atoms with E-state index in [1.165, 1.54) is 4.90 Å². The van der Waals surface area contributed by atoms with Crippen LogP contribution < -0.4 is 15.4 Å². The number of alkyl carbamates (subject to hydrolysis) is 1. The van der Waals surface area contributed by atoms with E-state index in [1.54, 1.807) is 20.8 Å². The Morgan fingerprint density at radius 1 is 1.10 bits per heavy atom. The van der Waals surface area contributed by atoms with Gasteiger partial charge in [0, 0.05) is 12.5 Å². The lowest BCUT2D eigenvalue weighted by Gasteiger charge is -2.30. The van der Waals surface area contributed by atoms with E-state index in [9.17, 15) is 27.6 Å². The van der Waals surface area contributed by atoms with Gasteiger partial charge in [-0.15, -0.1) is 0 Å². The molecule has 0 aromatic carbocycles. The largest absolute Gasteiger partial charge is 0.444 e. The van der Waals surface area contributed by atoms with E-state index in [-0.39, 0.29) is 24.0 Å². The lowest BCUT2D eigenvalue weighted by molar-refractivity contribution is -0.141. The number of carbonyl (C=O) groups excluding carboxylic acids is 4. The molecule has 0 radical (unpaired) electrons. The fraction of sp³-hybridized carbons (Fsp3) is 0.793. The van der Waals surface area contributed by atoms with Gasteiger partial charge in [-0.25, -0.2) is 13.2 Å². The molecule has 2 heterocycles. The molecule has 1 saturated heterocycles. The van der Waals surface area contributed by atoms with Crippen molar-refractivity contribution in [2.75, 3.05) is 12.3 Å². The maximum absolute atomic E-state index is 13.7. The Bertz CT molecular complexity index is 1100. The van der Waals surface area contributed by atoms with Crippen LogP contribution in [0.3, 0.4) is 0 Å². The zero-order chi connectivity index (χ0) is 30.3. The number of rotatable bonds is 6. The van der Waals surface area contributed by atoms with Crippen LogP contribution >= 0.6 is 0 Å². The number of allylic oxidation sites excluding steroid dienone is 1. The molecule has 2 fully saturated rings. The van der Waals surface area contributed by atoms with Gasteiger partial charge in [0.25, 0.3) is 5.91 Å². The Kier molecular flexibility index (Phi) is 11.2. The van der Waals surface area contributed by atoms with E-state index in [1.807, 2.05) is 19.1 Å². The Labute approximate surface area is 244 Å². The molecule has 11 nitrogen and oxygen atoms in total. The summed E-state index contributed by atoms with van der Waals surface area (Å²) in [6, 6.07) is -1.67. The van der Waals surface area contributed by atoms with E-state index in [4.69, 9.17) is 4.74 Å². The summed E-state index contributed by atoms with van der Waals surface area (Å²) < 4.78 is 32.6. The van der Waals surface area contributed by atoms with Crippen LogP contribution in [0.2, 0.25) is 0 Å². The normalized spacial score (nSPS) is 28.9. The van der Waals surface area contributed by atoms with Crippen molar-refractivity contribution >= 4 is 33.8 Å². The number of carbonyl (C=O) groups is 4. The van der Waals surface area contributed by atoms with Gasteiger partial charge in [-0.05, 0) is 65.7 Å². The summed E-state index contributed by atoms with van der Waals surface area (Å²) in [5, 5.41) is 5.57. The smallest absolute Gasteiger partial charge is 0.408 e. The highest BCUT2D eigenvalue weighted by Gasteiger charge is 2.61. The Hall–Kier alpha value is -2.63. The van der Waals surface area contributed by atoms with Crippen molar-refractivity contribution in [2.45, 2.75) is 128 Å². The fourth-order valence-corrected chi connectivity index (χ4v) is 6.75. The van der Waals surface area contributed by atoms with Crippen LogP contribution in [0.5, 0.6) is 0 Å². The molecule has 12 heteroatoms. The Morgan fingerprint density at radius 3 is 2.51 bits per heavy atom. The summed E-state index contributed by atoms with van der Waals surface area (Å²) in [6.07, 6.45) is 11.4. The van der Waals surface area contributed by atoms with E-state index in [0.717, 1.165) is 38.5 Å². The summed E-state index contributed by atoms with van der Waals surface area (Å²) >= 11 is 0. The van der Waals surface area contributed by atoms with Crippen molar-refractivity contribution in [1.82, 2.24) is 20.3 Å². The van der Waals surface area contributed by atoms with Crippen LogP contribution in [0.1, 0.15) is 105 Å². The highest BCUT2D eigenvalue weighted by molar-refractivity contribution is 7.90. The van der Waals surface area contributed by atoms with Gasteiger partial charge in [0.15, 0.2) is 0 Å². The zero-order valence-electron chi connectivity index (χ0n) is 25.0. The molecule has 3 rings (SSSR count). The number of nitrogens with zero attached hydrogens (tertiary/aromatic N) is 1. The number of nitrogens with one attached hydrogen (secondary N) is 3. The summed E-state index contributed by atoms with van der Waals surface area (Å²) in [6.45, 7) is 7.45. The van der Waals surface area contributed by atoms with Crippen LogP contribution in [0.15, 0.2) is 12.2 Å². The molecule has 4 amide bonds. The SMILES string of the molecule is CCCCS(=O)(=O)NC(=O)[C@@]12C[C@@H]1/C=C\CCCCCCCC(NC(=O)OC(C)(C)C)C(=O)N1CCC[C@H]1C(=O)N2. The van der Waals surface area contributed by atoms with Crippen molar-refractivity contribution in [2.24, 2.45) is 5.92 Å².